The van der Waals surface area contributed by atoms with E-state index in [0.29, 0.717) is 27.9 Å². The number of hydrogen-bond acceptors (Lipinski definition) is 6. The standard InChI is InChI=1S/C23H24ClN3O3S/c1-14-4-5-17-15(10-14)18(12-20(25-17)23(28)27-6-8-31-9-7-27)26-19-11-16(24)21(29-2)13-22(19)30-3/h4-5,10-13H,6-9H2,1-3H3,(H,25,26). The number of ether oxygens (including phenoxy) is 2. The smallest absolute Gasteiger partial charge is 0.272 e. The highest BCUT2D eigenvalue weighted by Gasteiger charge is 2.21. The molecule has 1 aliphatic rings. The minimum atomic E-state index is -0.0504. The largest absolute Gasteiger partial charge is 0.495 e. The van der Waals surface area contributed by atoms with Gasteiger partial charge in [-0.05, 0) is 31.2 Å². The second-order valence-corrected chi connectivity index (χ2v) is 8.92. The van der Waals surface area contributed by atoms with Crippen molar-refractivity contribution < 1.29 is 14.3 Å². The average molecular weight is 458 g/mol. The van der Waals surface area contributed by atoms with Crippen LogP contribution in [0.25, 0.3) is 10.9 Å². The molecule has 0 saturated carbocycles. The van der Waals surface area contributed by atoms with Crippen LogP contribution >= 0.6 is 23.4 Å². The van der Waals surface area contributed by atoms with Crippen LogP contribution in [0.1, 0.15) is 16.1 Å². The third kappa shape index (κ3) is 4.52. The minimum absolute atomic E-state index is 0.0504. The molecule has 0 atom stereocenters. The number of aromatic nitrogens is 1. The van der Waals surface area contributed by atoms with Crippen molar-refractivity contribution in [1.82, 2.24) is 9.88 Å². The lowest BCUT2D eigenvalue weighted by Gasteiger charge is -2.26. The zero-order chi connectivity index (χ0) is 22.0. The molecule has 1 saturated heterocycles. The number of pyridine rings is 1. The Kier molecular flexibility index (Phi) is 6.43. The third-order valence-corrected chi connectivity index (χ3v) is 6.46. The number of amides is 1. The van der Waals surface area contributed by atoms with E-state index in [2.05, 4.69) is 10.3 Å². The van der Waals surface area contributed by atoms with Gasteiger partial charge in [0.1, 0.15) is 17.2 Å². The summed E-state index contributed by atoms with van der Waals surface area (Å²) in [5.41, 5.74) is 3.72. The molecule has 31 heavy (non-hydrogen) atoms. The minimum Gasteiger partial charge on any atom is -0.495 e. The van der Waals surface area contributed by atoms with Crippen LogP contribution in [0.3, 0.4) is 0 Å². The Balaban J connectivity index is 1.80. The van der Waals surface area contributed by atoms with Crippen LogP contribution in [0.2, 0.25) is 5.02 Å². The molecule has 162 valence electrons. The number of hydrogen-bond donors (Lipinski definition) is 1. The Morgan fingerprint density at radius 1 is 1.06 bits per heavy atom. The predicted octanol–water partition coefficient (Wildman–Crippen LogP) is 5.15. The van der Waals surface area contributed by atoms with E-state index in [1.807, 2.05) is 47.9 Å². The van der Waals surface area contributed by atoms with E-state index in [4.69, 9.17) is 21.1 Å². The van der Waals surface area contributed by atoms with Gasteiger partial charge < -0.3 is 19.7 Å². The fourth-order valence-corrected chi connectivity index (χ4v) is 4.73. The van der Waals surface area contributed by atoms with Gasteiger partial charge in [-0.3, -0.25) is 4.79 Å². The van der Waals surface area contributed by atoms with Crippen LogP contribution in [0.5, 0.6) is 11.5 Å². The van der Waals surface area contributed by atoms with Crippen LogP contribution in [0, 0.1) is 6.92 Å². The maximum absolute atomic E-state index is 13.1. The summed E-state index contributed by atoms with van der Waals surface area (Å²) in [6, 6.07) is 11.3. The highest BCUT2D eigenvalue weighted by Crippen LogP contribution is 2.38. The van der Waals surface area contributed by atoms with E-state index < -0.39 is 0 Å². The molecule has 6 nitrogen and oxygen atoms in total. The van der Waals surface area contributed by atoms with Gasteiger partial charge in [0, 0.05) is 36.0 Å². The Hall–Kier alpha value is -2.64. The van der Waals surface area contributed by atoms with Gasteiger partial charge in [-0.15, -0.1) is 0 Å². The number of nitrogens with zero attached hydrogens (tertiary/aromatic N) is 2. The zero-order valence-electron chi connectivity index (χ0n) is 17.7. The second-order valence-electron chi connectivity index (χ2n) is 7.29. The molecule has 1 aromatic heterocycles. The molecule has 0 unspecified atom stereocenters. The van der Waals surface area contributed by atoms with Crippen molar-refractivity contribution in [1.29, 1.82) is 0 Å². The Bertz CT molecular complexity index is 1130. The quantitative estimate of drug-likeness (QED) is 0.571. The summed E-state index contributed by atoms with van der Waals surface area (Å²) in [4.78, 5) is 19.7. The monoisotopic (exact) mass is 457 g/mol. The van der Waals surface area contributed by atoms with Crippen molar-refractivity contribution in [3.05, 3.63) is 52.7 Å². The van der Waals surface area contributed by atoms with Crippen molar-refractivity contribution in [2.24, 2.45) is 0 Å². The third-order valence-electron chi connectivity index (χ3n) is 5.22. The van der Waals surface area contributed by atoms with E-state index in [1.54, 1.807) is 26.4 Å². The number of rotatable bonds is 5. The molecular weight excluding hydrogens is 434 g/mol. The number of carbonyl (C=O) groups excluding carboxylic acids is 1. The van der Waals surface area contributed by atoms with Gasteiger partial charge in [-0.25, -0.2) is 4.98 Å². The highest BCUT2D eigenvalue weighted by atomic mass is 35.5. The van der Waals surface area contributed by atoms with Gasteiger partial charge in [0.2, 0.25) is 0 Å². The molecule has 2 aromatic carbocycles. The molecule has 4 rings (SSSR count). The normalized spacial score (nSPS) is 13.9. The van der Waals surface area contributed by atoms with Gasteiger partial charge in [0.25, 0.3) is 5.91 Å². The molecule has 0 radical (unpaired) electrons. The van der Waals surface area contributed by atoms with Crippen molar-refractivity contribution in [2.45, 2.75) is 6.92 Å². The molecule has 1 N–H and O–H groups in total. The number of carbonyl (C=O) groups is 1. The van der Waals surface area contributed by atoms with E-state index in [0.717, 1.165) is 46.7 Å². The molecule has 0 spiro atoms. The number of methoxy groups -OCH3 is 2. The summed E-state index contributed by atoms with van der Waals surface area (Å²) in [5, 5.41) is 4.78. The Morgan fingerprint density at radius 3 is 2.52 bits per heavy atom. The number of fused-ring (bicyclic) bond motifs is 1. The molecule has 2 heterocycles. The van der Waals surface area contributed by atoms with Gasteiger partial charge in [0.15, 0.2) is 0 Å². The molecular formula is C23H24ClN3O3S. The fourth-order valence-electron chi connectivity index (χ4n) is 3.58. The van der Waals surface area contributed by atoms with Crippen molar-refractivity contribution in [2.75, 3.05) is 44.1 Å². The number of nitrogens with one attached hydrogen (secondary N) is 1. The summed E-state index contributed by atoms with van der Waals surface area (Å²) in [6.45, 7) is 3.50. The maximum Gasteiger partial charge on any atom is 0.272 e. The van der Waals surface area contributed by atoms with Crippen LogP contribution in [-0.2, 0) is 0 Å². The summed E-state index contributed by atoms with van der Waals surface area (Å²) in [6.07, 6.45) is 0. The summed E-state index contributed by atoms with van der Waals surface area (Å²) >= 11 is 8.22. The lowest BCUT2D eigenvalue weighted by molar-refractivity contribution is 0.0767. The van der Waals surface area contributed by atoms with E-state index >= 15 is 0 Å². The first-order valence-electron chi connectivity index (χ1n) is 9.97. The van der Waals surface area contributed by atoms with Crippen LogP contribution in [0.4, 0.5) is 11.4 Å². The highest BCUT2D eigenvalue weighted by molar-refractivity contribution is 7.99. The number of benzene rings is 2. The number of halogens is 1. The lowest BCUT2D eigenvalue weighted by atomic mass is 10.1. The summed E-state index contributed by atoms with van der Waals surface area (Å²) < 4.78 is 10.8. The first kappa shape index (κ1) is 21.6. The Labute approximate surface area is 190 Å². The summed E-state index contributed by atoms with van der Waals surface area (Å²) in [7, 11) is 3.15. The lowest BCUT2D eigenvalue weighted by Crippen LogP contribution is -2.38. The van der Waals surface area contributed by atoms with Gasteiger partial charge in [-0.2, -0.15) is 11.8 Å². The first-order chi connectivity index (χ1) is 15.0. The van der Waals surface area contributed by atoms with Crippen LogP contribution < -0.4 is 14.8 Å². The van der Waals surface area contributed by atoms with Crippen molar-refractivity contribution in [3.8, 4) is 11.5 Å². The van der Waals surface area contributed by atoms with E-state index in [1.165, 1.54) is 0 Å². The first-order valence-corrected chi connectivity index (χ1v) is 11.5. The molecule has 3 aromatic rings. The molecule has 1 amide bonds. The Morgan fingerprint density at radius 2 is 1.81 bits per heavy atom. The number of aryl methyl sites for hydroxylation is 1. The molecule has 1 aliphatic heterocycles. The summed E-state index contributed by atoms with van der Waals surface area (Å²) in [5.74, 6) is 2.96. The zero-order valence-corrected chi connectivity index (χ0v) is 19.3. The molecule has 8 heteroatoms. The number of anilines is 2. The van der Waals surface area contributed by atoms with Gasteiger partial charge in [0.05, 0.1) is 36.1 Å². The SMILES string of the molecule is COc1cc(OC)c(Nc2cc(C(=O)N3CCSCC3)nc3ccc(C)cc23)cc1Cl. The second kappa shape index (κ2) is 9.24. The predicted molar refractivity (Wildman–Crippen MR) is 128 cm³/mol. The topological polar surface area (TPSA) is 63.7 Å². The fraction of sp³-hybridized carbons (Fsp3) is 0.304. The molecule has 0 bridgehead atoms. The maximum atomic E-state index is 13.1. The number of thioether (sulfide) groups is 1. The van der Waals surface area contributed by atoms with Crippen LogP contribution in [-0.4, -0.2) is 54.6 Å². The van der Waals surface area contributed by atoms with Gasteiger partial charge >= 0.3 is 0 Å². The average Bonchev–Trinajstić information content (AvgIpc) is 2.79. The van der Waals surface area contributed by atoms with Crippen molar-refractivity contribution >= 4 is 51.5 Å². The van der Waals surface area contributed by atoms with Crippen LogP contribution in [0.15, 0.2) is 36.4 Å². The van der Waals surface area contributed by atoms with Gasteiger partial charge in [-0.1, -0.05) is 23.2 Å². The van der Waals surface area contributed by atoms with E-state index in [9.17, 15) is 4.79 Å². The molecule has 0 aliphatic carbocycles. The van der Waals surface area contributed by atoms with Crippen molar-refractivity contribution in [3.63, 3.8) is 0 Å². The van der Waals surface area contributed by atoms with E-state index in [-0.39, 0.29) is 5.91 Å². The molecule has 1 fully saturated rings.